The lowest BCUT2D eigenvalue weighted by Gasteiger charge is -2.38. The van der Waals surface area contributed by atoms with Crippen LogP contribution in [-0.4, -0.2) is 36.9 Å². The molecule has 0 saturated carbocycles. The second-order valence-electron chi connectivity index (χ2n) is 8.72. The molecule has 0 amide bonds. The molecular formula is C25H32N2O. The normalized spacial score (nSPS) is 16.7. The molecule has 2 heterocycles. The van der Waals surface area contributed by atoms with Crippen LogP contribution in [0.2, 0.25) is 0 Å². The van der Waals surface area contributed by atoms with Crippen LogP contribution in [0.5, 0.6) is 0 Å². The van der Waals surface area contributed by atoms with Gasteiger partial charge in [0.1, 0.15) is 0 Å². The summed E-state index contributed by atoms with van der Waals surface area (Å²) in [5.74, 6) is 1.12. The van der Waals surface area contributed by atoms with E-state index < -0.39 is 0 Å². The molecule has 0 spiro atoms. The maximum Gasteiger partial charge on any atom is 0.168 e. The fourth-order valence-corrected chi connectivity index (χ4v) is 4.35. The van der Waals surface area contributed by atoms with Gasteiger partial charge in [0.05, 0.1) is 0 Å². The standard InChI is InChI=1S/C25H32N2O/c1-18(2)20-8-6-19(7-9-20)5-3-4-14-27-16-23(17-27)25(28)22-10-11-24-21(15-22)12-13-26-24/h6-11,15,18,23,26H,3-5,12-14,16-17H2,1-2H3. The molecule has 28 heavy (non-hydrogen) atoms. The number of Topliss-reactive ketones (excluding diaryl/α,β-unsaturated/α-hetero) is 1. The maximum absolute atomic E-state index is 12.7. The number of ketones is 1. The molecule has 0 bridgehead atoms. The van der Waals surface area contributed by atoms with Crippen molar-refractivity contribution in [3.63, 3.8) is 0 Å². The van der Waals surface area contributed by atoms with Crippen molar-refractivity contribution >= 4 is 11.5 Å². The van der Waals surface area contributed by atoms with Gasteiger partial charge < -0.3 is 10.2 Å². The van der Waals surface area contributed by atoms with E-state index in [0.717, 1.165) is 44.6 Å². The molecular weight excluding hydrogens is 344 g/mol. The van der Waals surface area contributed by atoms with Crippen LogP contribution < -0.4 is 5.32 Å². The first kappa shape index (κ1) is 19.2. The Bertz CT molecular complexity index is 819. The van der Waals surface area contributed by atoms with Crippen LogP contribution in [0.25, 0.3) is 0 Å². The molecule has 2 aromatic rings. The Balaban J connectivity index is 1.16. The Morgan fingerprint density at radius 3 is 2.64 bits per heavy atom. The summed E-state index contributed by atoms with van der Waals surface area (Å²) in [6.45, 7) is 8.44. The van der Waals surface area contributed by atoms with E-state index in [1.165, 1.54) is 35.2 Å². The third-order valence-corrected chi connectivity index (χ3v) is 6.26. The summed E-state index contributed by atoms with van der Waals surface area (Å²) in [5, 5.41) is 3.36. The average molecular weight is 377 g/mol. The smallest absolute Gasteiger partial charge is 0.168 e. The van der Waals surface area contributed by atoms with Crippen molar-refractivity contribution in [3.8, 4) is 0 Å². The van der Waals surface area contributed by atoms with Gasteiger partial charge in [-0.3, -0.25) is 4.79 Å². The molecule has 3 heteroatoms. The van der Waals surface area contributed by atoms with E-state index in [1.807, 2.05) is 6.07 Å². The van der Waals surface area contributed by atoms with Crippen molar-refractivity contribution in [2.75, 3.05) is 31.5 Å². The van der Waals surface area contributed by atoms with Crippen LogP contribution in [0.1, 0.15) is 59.7 Å². The van der Waals surface area contributed by atoms with Crippen LogP contribution in [0.15, 0.2) is 42.5 Å². The van der Waals surface area contributed by atoms with Gasteiger partial charge >= 0.3 is 0 Å². The summed E-state index contributed by atoms with van der Waals surface area (Å²) < 4.78 is 0. The van der Waals surface area contributed by atoms with Gasteiger partial charge in [0, 0.05) is 36.8 Å². The number of carbonyl (C=O) groups excluding carboxylic acids is 1. The van der Waals surface area contributed by atoms with E-state index in [-0.39, 0.29) is 5.92 Å². The van der Waals surface area contributed by atoms with Gasteiger partial charge in [-0.15, -0.1) is 0 Å². The van der Waals surface area contributed by atoms with E-state index in [4.69, 9.17) is 0 Å². The number of anilines is 1. The summed E-state index contributed by atoms with van der Waals surface area (Å²) in [6.07, 6.45) is 4.61. The molecule has 2 aliphatic rings. The molecule has 0 unspecified atom stereocenters. The van der Waals surface area contributed by atoms with E-state index >= 15 is 0 Å². The predicted molar refractivity (Wildman–Crippen MR) is 116 cm³/mol. The number of likely N-dealkylation sites (tertiary alicyclic amines) is 1. The molecule has 4 rings (SSSR count). The molecule has 1 saturated heterocycles. The minimum atomic E-state index is 0.191. The Kier molecular flexibility index (Phi) is 5.82. The lowest BCUT2D eigenvalue weighted by Crippen LogP contribution is -2.50. The van der Waals surface area contributed by atoms with Crippen LogP contribution in [0.3, 0.4) is 0 Å². The second kappa shape index (κ2) is 8.48. The summed E-state index contributed by atoms with van der Waals surface area (Å²) in [4.78, 5) is 15.1. The molecule has 0 atom stereocenters. The van der Waals surface area contributed by atoms with E-state index in [0.29, 0.717) is 11.7 Å². The molecule has 2 aliphatic heterocycles. The molecule has 1 fully saturated rings. The monoisotopic (exact) mass is 376 g/mol. The number of hydrogen-bond donors (Lipinski definition) is 1. The first-order chi connectivity index (χ1) is 13.6. The summed E-state index contributed by atoms with van der Waals surface area (Å²) in [5.41, 5.74) is 6.25. The predicted octanol–water partition coefficient (Wildman–Crippen LogP) is 4.92. The molecule has 2 aromatic carbocycles. The molecule has 1 N–H and O–H groups in total. The zero-order valence-electron chi connectivity index (χ0n) is 17.2. The zero-order chi connectivity index (χ0) is 19.5. The minimum Gasteiger partial charge on any atom is -0.384 e. The van der Waals surface area contributed by atoms with Crippen molar-refractivity contribution in [3.05, 3.63) is 64.7 Å². The molecule has 0 radical (unpaired) electrons. The van der Waals surface area contributed by atoms with Crippen molar-refractivity contribution in [2.24, 2.45) is 5.92 Å². The minimum absolute atomic E-state index is 0.191. The first-order valence-electron chi connectivity index (χ1n) is 10.8. The average Bonchev–Trinajstić information content (AvgIpc) is 3.14. The number of benzene rings is 2. The second-order valence-corrected chi connectivity index (χ2v) is 8.72. The maximum atomic E-state index is 12.7. The van der Waals surface area contributed by atoms with Crippen LogP contribution in [0, 0.1) is 5.92 Å². The molecule has 0 aliphatic carbocycles. The lowest BCUT2D eigenvalue weighted by molar-refractivity contribution is 0.0618. The first-order valence-corrected chi connectivity index (χ1v) is 10.8. The Morgan fingerprint density at radius 2 is 1.89 bits per heavy atom. The Hall–Kier alpha value is -2.13. The number of hydrogen-bond acceptors (Lipinski definition) is 3. The lowest BCUT2D eigenvalue weighted by atomic mass is 9.89. The number of aryl methyl sites for hydroxylation is 1. The van der Waals surface area contributed by atoms with E-state index in [1.54, 1.807) is 0 Å². The van der Waals surface area contributed by atoms with Crippen molar-refractivity contribution in [1.82, 2.24) is 4.90 Å². The van der Waals surface area contributed by atoms with Crippen LogP contribution in [0.4, 0.5) is 5.69 Å². The fraction of sp³-hybridized carbons (Fsp3) is 0.480. The largest absolute Gasteiger partial charge is 0.384 e. The SMILES string of the molecule is CC(C)c1ccc(CCCCN2CC(C(=O)c3ccc4c(c3)CCN4)C2)cc1. The van der Waals surface area contributed by atoms with Crippen molar-refractivity contribution in [2.45, 2.75) is 45.4 Å². The number of nitrogens with one attached hydrogen (secondary N) is 1. The molecule has 3 nitrogen and oxygen atoms in total. The van der Waals surface area contributed by atoms with Crippen molar-refractivity contribution in [1.29, 1.82) is 0 Å². The van der Waals surface area contributed by atoms with Gasteiger partial charge in [0.25, 0.3) is 0 Å². The summed E-state index contributed by atoms with van der Waals surface area (Å²) in [6, 6.07) is 15.2. The third kappa shape index (κ3) is 4.30. The van der Waals surface area contributed by atoms with Gasteiger partial charge in [0.15, 0.2) is 5.78 Å². The summed E-state index contributed by atoms with van der Waals surface area (Å²) >= 11 is 0. The highest BCUT2D eigenvalue weighted by atomic mass is 16.1. The Morgan fingerprint density at radius 1 is 1.11 bits per heavy atom. The van der Waals surface area contributed by atoms with E-state index in [9.17, 15) is 4.79 Å². The number of rotatable bonds is 8. The number of unbranched alkanes of at least 4 members (excludes halogenated alkanes) is 1. The quantitative estimate of drug-likeness (QED) is 0.524. The number of nitrogens with zero attached hydrogens (tertiary/aromatic N) is 1. The van der Waals surface area contributed by atoms with Gasteiger partial charge in [-0.05, 0) is 73.0 Å². The molecule has 0 aromatic heterocycles. The van der Waals surface area contributed by atoms with Gasteiger partial charge in [-0.2, -0.15) is 0 Å². The Labute approximate surface area is 169 Å². The highest BCUT2D eigenvalue weighted by Gasteiger charge is 2.32. The third-order valence-electron chi connectivity index (χ3n) is 6.26. The highest BCUT2D eigenvalue weighted by molar-refractivity contribution is 5.99. The van der Waals surface area contributed by atoms with Crippen LogP contribution in [-0.2, 0) is 12.8 Å². The van der Waals surface area contributed by atoms with E-state index in [2.05, 4.69) is 60.5 Å². The topological polar surface area (TPSA) is 32.3 Å². The fourth-order valence-electron chi connectivity index (χ4n) is 4.35. The molecule has 148 valence electrons. The van der Waals surface area contributed by atoms with Gasteiger partial charge in [0.2, 0.25) is 0 Å². The van der Waals surface area contributed by atoms with Crippen LogP contribution >= 0.6 is 0 Å². The number of fused-ring (bicyclic) bond motifs is 1. The highest BCUT2D eigenvalue weighted by Crippen LogP contribution is 2.27. The van der Waals surface area contributed by atoms with Crippen molar-refractivity contribution < 1.29 is 4.79 Å². The van der Waals surface area contributed by atoms with Gasteiger partial charge in [-0.1, -0.05) is 38.1 Å². The van der Waals surface area contributed by atoms with Gasteiger partial charge in [-0.25, -0.2) is 0 Å². The summed E-state index contributed by atoms with van der Waals surface area (Å²) in [7, 11) is 0. The zero-order valence-corrected chi connectivity index (χ0v) is 17.2. The number of carbonyl (C=O) groups is 1.